The summed E-state index contributed by atoms with van der Waals surface area (Å²) in [7, 11) is 0. The van der Waals surface area contributed by atoms with E-state index >= 15 is 0 Å². The van der Waals surface area contributed by atoms with Crippen LogP contribution in [-0.4, -0.2) is 44.6 Å². The van der Waals surface area contributed by atoms with Gasteiger partial charge in [0.25, 0.3) is 5.92 Å². The first-order valence-corrected chi connectivity index (χ1v) is 6.83. The van der Waals surface area contributed by atoms with Gasteiger partial charge in [0.15, 0.2) is 5.82 Å². The van der Waals surface area contributed by atoms with Crippen LogP contribution < -0.4 is 0 Å². The van der Waals surface area contributed by atoms with Gasteiger partial charge in [0.05, 0.1) is 13.1 Å². The first-order valence-electron chi connectivity index (χ1n) is 6.45. The topological polar surface area (TPSA) is 51.0 Å². The molecule has 0 radical (unpaired) electrons. The van der Waals surface area contributed by atoms with Gasteiger partial charge in [-0.05, 0) is 12.1 Å². The molecule has 1 saturated heterocycles. The van der Waals surface area contributed by atoms with Crippen LogP contribution in [0.4, 0.5) is 8.78 Å². The van der Waals surface area contributed by atoms with Crippen molar-refractivity contribution in [2.75, 3.05) is 13.1 Å². The van der Waals surface area contributed by atoms with Crippen LogP contribution >= 0.6 is 11.6 Å². The lowest BCUT2D eigenvalue weighted by Gasteiger charge is -2.37. The predicted octanol–water partition coefficient (Wildman–Crippen LogP) is 2.55. The molecule has 1 amide bonds. The summed E-state index contributed by atoms with van der Waals surface area (Å²) in [4.78, 5) is 16.8. The molecule has 1 aromatic carbocycles. The third kappa shape index (κ3) is 3.14. The fourth-order valence-electron chi connectivity index (χ4n) is 2.02. The number of aromatic nitrogens is 3. The molecule has 0 unspecified atom stereocenters. The molecule has 114 valence electrons. The molecule has 0 saturated carbocycles. The molecule has 0 bridgehead atoms. The largest absolute Gasteiger partial charge is 0.327 e. The molecule has 0 atom stereocenters. The Kier molecular flexibility index (Phi) is 3.66. The summed E-state index contributed by atoms with van der Waals surface area (Å²) in [5, 5.41) is 4.73. The number of hydrogen-bond acceptors (Lipinski definition) is 3. The highest BCUT2D eigenvalue weighted by atomic mass is 35.5. The van der Waals surface area contributed by atoms with Gasteiger partial charge >= 0.3 is 0 Å². The maximum atomic E-state index is 12.7. The van der Waals surface area contributed by atoms with E-state index in [0.29, 0.717) is 10.8 Å². The molecule has 0 N–H and O–H groups in total. The molecule has 2 heterocycles. The summed E-state index contributed by atoms with van der Waals surface area (Å²) >= 11 is 5.90. The van der Waals surface area contributed by atoms with Gasteiger partial charge in [-0.2, -0.15) is 0 Å². The van der Waals surface area contributed by atoms with Crippen LogP contribution in [0.5, 0.6) is 0 Å². The van der Waals surface area contributed by atoms with Crippen molar-refractivity contribution in [1.82, 2.24) is 19.7 Å². The number of carbonyl (C=O) groups excluding carboxylic acids is 1. The second-order valence-corrected chi connectivity index (χ2v) is 5.36. The standard InChI is InChI=1S/C14H11ClF2N4O/c15-11-3-1-2-10(6-11)13-18-9-21(19-13)5-4-12(22)20-7-14(16,17)8-20/h1-6,9H,7-8H2. The zero-order chi connectivity index (χ0) is 15.7. The quantitative estimate of drug-likeness (QED) is 0.815. The van der Waals surface area contributed by atoms with E-state index in [0.717, 1.165) is 10.5 Å². The SMILES string of the molecule is O=C(C=Cn1cnc(-c2cccc(Cl)c2)n1)N1CC(F)(F)C1. The lowest BCUT2D eigenvalue weighted by atomic mass is 10.1. The van der Waals surface area contributed by atoms with Gasteiger partial charge in [-0.25, -0.2) is 18.4 Å². The molecular formula is C14H11ClF2N4O. The number of amides is 1. The minimum atomic E-state index is -2.77. The van der Waals surface area contributed by atoms with Gasteiger partial charge in [0, 0.05) is 22.9 Å². The fraction of sp³-hybridized carbons (Fsp3) is 0.214. The van der Waals surface area contributed by atoms with E-state index < -0.39 is 24.9 Å². The number of likely N-dealkylation sites (tertiary alicyclic amines) is 1. The summed E-state index contributed by atoms with van der Waals surface area (Å²) in [6.45, 7) is -1.08. The lowest BCUT2D eigenvalue weighted by molar-refractivity contribution is -0.160. The normalized spacial score (nSPS) is 16.8. The van der Waals surface area contributed by atoms with Gasteiger partial charge in [-0.3, -0.25) is 4.79 Å². The van der Waals surface area contributed by atoms with Gasteiger partial charge in [0.1, 0.15) is 6.33 Å². The Morgan fingerprint density at radius 1 is 1.36 bits per heavy atom. The molecule has 0 spiro atoms. The van der Waals surface area contributed by atoms with E-state index in [1.807, 2.05) is 6.07 Å². The van der Waals surface area contributed by atoms with Gasteiger partial charge in [0.2, 0.25) is 5.91 Å². The Balaban J connectivity index is 1.67. The second kappa shape index (κ2) is 5.49. The minimum Gasteiger partial charge on any atom is -0.327 e. The average molecular weight is 325 g/mol. The maximum Gasteiger partial charge on any atom is 0.282 e. The predicted molar refractivity (Wildman–Crippen MR) is 77.3 cm³/mol. The van der Waals surface area contributed by atoms with E-state index in [-0.39, 0.29) is 0 Å². The molecule has 2 aromatic rings. The highest BCUT2D eigenvalue weighted by molar-refractivity contribution is 6.30. The zero-order valence-corrected chi connectivity index (χ0v) is 12.0. The van der Waals surface area contributed by atoms with E-state index in [9.17, 15) is 13.6 Å². The second-order valence-electron chi connectivity index (χ2n) is 4.92. The number of nitrogens with zero attached hydrogens (tertiary/aromatic N) is 4. The molecular weight excluding hydrogens is 314 g/mol. The van der Waals surface area contributed by atoms with Gasteiger partial charge in [-0.15, -0.1) is 5.10 Å². The Hall–Kier alpha value is -2.28. The van der Waals surface area contributed by atoms with Crippen LogP contribution in [0.25, 0.3) is 17.6 Å². The van der Waals surface area contributed by atoms with Crippen LogP contribution in [0.15, 0.2) is 36.7 Å². The highest BCUT2D eigenvalue weighted by Crippen LogP contribution is 2.26. The Labute approximate surface area is 129 Å². The molecule has 3 rings (SSSR count). The lowest BCUT2D eigenvalue weighted by Crippen LogP contribution is -2.58. The van der Waals surface area contributed by atoms with Crippen LogP contribution in [0.3, 0.4) is 0 Å². The van der Waals surface area contributed by atoms with E-state index in [1.165, 1.54) is 23.3 Å². The molecule has 1 fully saturated rings. The van der Waals surface area contributed by atoms with Crippen molar-refractivity contribution in [3.63, 3.8) is 0 Å². The third-order valence-electron chi connectivity index (χ3n) is 3.12. The monoisotopic (exact) mass is 324 g/mol. The number of alkyl halides is 2. The van der Waals surface area contributed by atoms with Crippen molar-refractivity contribution in [1.29, 1.82) is 0 Å². The van der Waals surface area contributed by atoms with Gasteiger partial charge < -0.3 is 4.90 Å². The van der Waals surface area contributed by atoms with Gasteiger partial charge in [-0.1, -0.05) is 23.7 Å². The summed E-state index contributed by atoms with van der Waals surface area (Å²) < 4.78 is 26.7. The van der Waals surface area contributed by atoms with E-state index in [1.54, 1.807) is 18.2 Å². The van der Waals surface area contributed by atoms with Crippen LogP contribution in [0, 0.1) is 0 Å². The Morgan fingerprint density at radius 3 is 2.82 bits per heavy atom. The maximum absolute atomic E-state index is 12.7. The molecule has 8 heteroatoms. The zero-order valence-electron chi connectivity index (χ0n) is 11.3. The number of rotatable bonds is 3. The fourth-order valence-corrected chi connectivity index (χ4v) is 2.21. The Bertz CT molecular complexity index is 736. The summed E-state index contributed by atoms with van der Waals surface area (Å²) in [6, 6.07) is 7.05. The molecule has 5 nitrogen and oxygen atoms in total. The van der Waals surface area contributed by atoms with Crippen LogP contribution in [0.1, 0.15) is 0 Å². The minimum absolute atomic E-state index is 0.454. The number of halogens is 3. The first-order chi connectivity index (χ1) is 10.4. The first kappa shape index (κ1) is 14.6. The van der Waals surface area contributed by atoms with E-state index in [2.05, 4.69) is 10.1 Å². The number of benzene rings is 1. The average Bonchev–Trinajstić information content (AvgIpc) is 2.91. The van der Waals surface area contributed by atoms with Crippen LogP contribution in [0.2, 0.25) is 5.02 Å². The highest BCUT2D eigenvalue weighted by Gasteiger charge is 2.45. The molecule has 1 aliphatic rings. The molecule has 1 aliphatic heterocycles. The summed E-state index contributed by atoms with van der Waals surface area (Å²) in [5.74, 6) is -2.79. The Morgan fingerprint density at radius 2 is 2.14 bits per heavy atom. The van der Waals surface area contributed by atoms with Crippen molar-refractivity contribution in [3.05, 3.63) is 41.7 Å². The molecule has 0 aliphatic carbocycles. The molecule has 22 heavy (non-hydrogen) atoms. The van der Waals surface area contributed by atoms with Crippen molar-refractivity contribution in [2.45, 2.75) is 5.92 Å². The number of hydrogen-bond donors (Lipinski definition) is 0. The molecule has 1 aromatic heterocycles. The van der Waals surface area contributed by atoms with Crippen LogP contribution in [-0.2, 0) is 4.79 Å². The smallest absolute Gasteiger partial charge is 0.282 e. The van der Waals surface area contributed by atoms with Crippen molar-refractivity contribution in [3.8, 4) is 11.4 Å². The summed E-state index contributed by atoms with van der Waals surface area (Å²) in [6.07, 6.45) is 3.98. The number of carbonyl (C=O) groups is 1. The summed E-state index contributed by atoms with van der Waals surface area (Å²) in [5.41, 5.74) is 0.744. The third-order valence-corrected chi connectivity index (χ3v) is 3.35. The van der Waals surface area contributed by atoms with Crippen molar-refractivity contribution in [2.24, 2.45) is 0 Å². The van der Waals surface area contributed by atoms with Crippen molar-refractivity contribution < 1.29 is 13.6 Å². The van der Waals surface area contributed by atoms with E-state index in [4.69, 9.17) is 11.6 Å². The van der Waals surface area contributed by atoms with Crippen molar-refractivity contribution >= 4 is 23.7 Å².